The number of piperazine rings is 1. The maximum absolute atomic E-state index is 11.8. The van der Waals surface area contributed by atoms with Gasteiger partial charge in [-0.1, -0.05) is 6.92 Å². The van der Waals surface area contributed by atoms with E-state index in [1.807, 2.05) is 25.3 Å². The molecule has 6 heterocycles. The lowest BCUT2D eigenvalue weighted by molar-refractivity contribution is -0.115. The molecule has 6 rings (SSSR count). The molecule has 36 heavy (non-hydrogen) atoms. The molecule has 0 aromatic carbocycles. The average Bonchev–Trinajstić information content (AvgIpc) is 3.53. The van der Waals surface area contributed by atoms with Crippen molar-refractivity contribution in [3.63, 3.8) is 0 Å². The minimum absolute atomic E-state index is 0.0528. The Morgan fingerprint density at radius 3 is 2.69 bits per heavy atom. The van der Waals surface area contributed by atoms with E-state index < -0.39 is 0 Å². The molecule has 10 heteroatoms. The quantitative estimate of drug-likeness (QED) is 0.350. The summed E-state index contributed by atoms with van der Waals surface area (Å²) in [6.07, 6.45) is 7.44. The standard InChI is InChI=1S/C26H27N9O/c1-3-23(36)30-18-10-16(13-27-15-18)17-11-20-24(32-33-26(20)29-14-17)21-12-19-22(4-5-28-25(19)31-21)35-8-6-34(2)7-9-35/h4-5,10-15H,3,6-9H2,1-2H3,(H,28,31)(H,30,36)(H,29,32,33). The fraction of sp³-hybridized carbons (Fsp3) is 0.269. The van der Waals surface area contributed by atoms with Crippen LogP contribution in [0.15, 0.2) is 49.1 Å². The first-order valence-corrected chi connectivity index (χ1v) is 12.1. The normalized spacial score (nSPS) is 14.6. The summed E-state index contributed by atoms with van der Waals surface area (Å²) in [5, 5.41) is 12.4. The molecule has 0 radical (unpaired) electrons. The lowest BCUT2D eigenvalue weighted by atomic mass is 10.1. The fourth-order valence-corrected chi connectivity index (χ4v) is 4.65. The molecule has 0 aliphatic carbocycles. The number of amides is 1. The third-order valence-corrected chi connectivity index (χ3v) is 6.71. The van der Waals surface area contributed by atoms with Crippen molar-refractivity contribution >= 4 is 39.3 Å². The van der Waals surface area contributed by atoms with Crippen molar-refractivity contribution in [2.45, 2.75) is 13.3 Å². The number of rotatable bonds is 5. The van der Waals surface area contributed by atoms with Gasteiger partial charge in [0.05, 0.1) is 23.3 Å². The van der Waals surface area contributed by atoms with Gasteiger partial charge in [-0.15, -0.1) is 0 Å². The molecule has 1 saturated heterocycles. The van der Waals surface area contributed by atoms with Gasteiger partial charge in [0.25, 0.3) is 0 Å². The maximum Gasteiger partial charge on any atom is 0.224 e. The topological polar surface area (TPSA) is 119 Å². The molecular formula is C26H27N9O. The van der Waals surface area contributed by atoms with E-state index in [1.54, 1.807) is 18.6 Å². The number of hydrogen-bond donors (Lipinski definition) is 3. The summed E-state index contributed by atoms with van der Waals surface area (Å²) in [5.41, 5.74) is 6.83. The fourth-order valence-electron chi connectivity index (χ4n) is 4.65. The highest BCUT2D eigenvalue weighted by Crippen LogP contribution is 2.34. The number of pyridine rings is 3. The number of carbonyl (C=O) groups excluding carboxylic acids is 1. The van der Waals surface area contributed by atoms with Gasteiger partial charge >= 0.3 is 0 Å². The van der Waals surface area contributed by atoms with Crippen molar-refractivity contribution in [2.75, 3.05) is 43.4 Å². The van der Waals surface area contributed by atoms with Crippen molar-refractivity contribution in [1.82, 2.24) is 35.0 Å². The Morgan fingerprint density at radius 2 is 1.86 bits per heavy atom. The predicted octanol–water partition coefficient (Wildman–Crippen LogP) is 3.66. The van der Waals surface area contributed by atoms with Gasteiger partial charge in [-0.2, -0.15) is 5.10 Å². The zero-order valence-electron chi connectivity index (χ0n) is 20.2. The molecule has 182 valence electrons. The second kappa shape index (κ2) is 9.04. The van der Waals surface area contributed by atoms with Gasteiger partial charge in [-0.25, -0.2) is 9.97 Å². The van der Waals surface area contributed by atoms with E-state index >= 15 is 0 Å². The zero-order chi connectivity index (χ0) is 24.6. The second-order valence-electron chi connectivity index (χ2n) is 9.12. The van der Waals surface area contributed by atoms with Gasteiger partial charge in [0.2, 0.25) is 5.91 Å². The lowest BCUT2D eigenvalue weighted by Gasteiger charge is -2.34. The average molecular weight is 482 g/mol. The highest BCUT2D eigenvalue weighted by Gasteiger charge is 2.19. The lowest BCUT2D eigenvalue weighted by Crippen LogP contribution is -2.44. The first-order valence-electron chi connectivity index (χ1n) is 12.1. The molecule has 0 bridgehead atoms. The molecule has 1 aliphatic heterocycles. The number of nitrogens with one attached hydrogen (secondary N) is 3. The van der Waals surface area contributed by atoms with E-state index in [1.165, 1.54) is 5.69 Å². The van der Waals surface area contributed by atoms with Crippen LogP contribution in [0.3, 0.4) is 0 Å². The number of hydrogen-bond acceptors (Lipinski definition) is 7. The molecule has 0 saturated carbocycles. The second-order valence-corrected chi connectivity index (χ2v) is 9.12. The van der Waals surface area contributed by atoms with E-state index in [0.29, 0.717) is 17.8 Å². The van der Waals surface area contributed by atoms with Crippen LogP contribution >= 0.6 is 0 Å². The molecule has 5 aromatic heterocycles. The number of aromatic nitrogens is 6. The SMILES string of the molecule is CCC(=O)Nc1cncc(-c2cnc3n[nH]c(-c4cc5c(N6CCN(C)CC6)ccnc5[nH]4)c3c2)c1. The number of likely N-dealkylation sites (N-methyl/N-ethyl adjacent to an activating group) is 1. The van der Waals surface area contributed by atoms with Crippen LogP contribution in [0.4, 0.5) is 11.4 Å². The van der Waals surface area contributed by atoms with Gasteiger partial charge in [0.15, 0.2) is 5.65 Å². The van der Waals surface area contributed by atoms with E-state index in [2.05, 4.69) is 64.4 Å². The summed E-state index contributed by atoms with van der Waals surface area (Å²) in [6.45, 7) is 5.88. The maximum atomic E-state index is 11.8. The van der Waals surface area contributed by atoms with Crippen LogP contribution in [-0.2, 0) is 4.79 Å². The Balaban J connectivity index is 1.38. The molecule has 1 fully saturated rings. The summed E-state index contributed by atoms with van der Waals surface area (Å²) in [4.78, 5) is 33.5. The van der Waals surface area contributed by atoms with E-state index in [4.69, 9.17) is 0 Å². The predicted molar refractivity (Wildman–Crippen MR) is 141 cm³/mol. The number of H-pyrrole nitrogens is 2. The highest BCUT2D eigenvalue weighted by atomic mass is 16.1. The van der Waals surface area contributed by atoms with E-state index in [0.717, 1.165) is 65.1 Å². The Bertz CT molecular complexity index is 1560. The van der Waals surface area contributed by atoms with Crippen LogP contribution in [0, 0.1) is 0 Å². The van der Waals surface area contributed by atoms with Crippen molar-refractivity contribution in [1.29, 1.82) is 0 Å². The molecule has 0 unspecified atom stereocenters. The van der Waals surface area contributed by atoms with Crippen LogP contribution in [0.25, 0.3) is 44.6 Å². The van der Waals surface area contributed by atoms with Gasteiger partial charge in [0.1, 0.15) is 5.65 Å². The first kappa shape index (κ1) is 22.2. The van der Waals surface area contributed by atoms with Crippen LogP contribution in [0.2, 0.25) is 0 Å². The van der Waals surface area contributed by atoms with Crippen molar-refractivity contribution in [3.05, 3.63) is 49.1 Å². The van der Waals surface area contributed by atoms with Crippen LogP contribution in [0.5, 0.6) is 0 Å². The van der Waals surface area contributed by atoms with Gasteiger partial charge < -0.3 is 20.1 Å². The minimum Gasteiger partial charge on any atom is -0.368 e. The summed E-state index contributed by atoms with van der Waals surface area (Å²) in [5.74, 6) is -0.0528. The van der Waals surface area contributed by atoms with Gasteiger partial charge in [0, 0.05) is 78.8 Å². The Hall–Kier alpha value is -4.31. The van der Waals surface area contributed by atoms with E-state index in [9.17, 15) is 4.79 Å². The number of aromatic amines is 2. The zero-order valence-corrected chi connectivity index (χ0v) is 20.2. The van der Waals surface area contributed by atoms with Crippen LogP contribution < -0.4 is 10.2 Å². The van der Waals surface area contributed by atoms with Crippen molar-refractivity contribution in [3.8, 4) is 22.5 Å². The number of carbonyl (C=O) groups is 1. The van der Waals surface area contributed by atoms with Gasteiger partial charge in [-0.3, -0.25) is 14.9 Å². The Morgan fingerprint density at radius 1 is 1.03 bits per heavy atom. The third kappa shape index (κ3) is 4.05. The summed E-state index contributed by atoms with van der Waals surface area (Å²) in [7, 11) is 2.16. The van der Waals surface area contributed by atoms with Gasteiger partial charge in [-0.05, 0) is 31.3 Å². The Kier molecular flexibility index (Phi) is 5.57. The van der Waals surface area contributed by atoms with Crippen molar-refractivity contribution in [2.24, 2.45) is 0 Å². The molecule has 10 nitrogen and oxygen atoms in total. The molecular weight excluding hydrogens is 454 g/mol. The van der Waals surface area contributed by atoms with Crippen molar-refractivity contribution < 1.29 is 4.79 Å². The molecule has 3 N–H and O–H groups in total. The molecule has 1 aliphatic rings. The third-order valence-electron chi connectivity index (χ3n) is 6.71. The molecule has 0 spiro atoms. The largest absolute Gasteiger partial charge is 0.368 e. The Labute approximate surface area is 207 Å². The molecule has 1 amide bonds. The van der Waals surface area contributed by atoms with Crippen LogP contribution in [-0.4, -0.2) is 74.2 Å². The first-order chi connectivity index (χ1) is 17.6. The number of nitrogens with zero attached hydrogens (tertiary/aromatic N) is 6. The minimum atomic E-state index is -0.0528. The summed E-state index contributed by atoms with van der Waals surface area (Å²) < 4.78 is 0. The highest BCUT2D eigenvalue weighted by molar-refractivity contribution is 5.99. The molecule has 0 atom stereocenters. The summed E-state index contributed by atoms with van der Waals surface area (Å²) in [6, 6.07) is 8.17. The smallest absolute Gasteiger partial charge is 0.224 e. The van der Waals surface area contributed by atoms with E-state index in [-0.39, 0.29) is 5.91 Å². The number of fused-ring (bicyclic) bond motifs is 2. The monoisotopic (exact) mass is 481 g/mol. The molecule has 5 aromatic rings. The number of anilines is 2. The summed E-state index contributed by atoms with van der Waals surface area (Å²) >= 11 is 0. The van der Waals surface area contributed by atoms with Crippen LogP contribution in [0.1, 0.15) is 13.3 Å².